The zero-order valence-electron chi connectivity index (χ0n) is 12.2. The third kappa shape index (κ3) is 2.55. The number of aromatic nitrogens is 2. The molecule has 0 fully saturated rings. The van der Waals surface area contributed by atoms with E-state index in [0.29, 0.717) is 5.95 Å². The van der Waals surface area contributed by atoms with E-state index in [4.69, 9.17) is 5.84 Å². The molecule has 0 bridgehead atoms. The molecule has 0 spiro atoms. The van der Waals surface area contributed by atoms with Crippen molar-refractivity contribution < 1.29 is 0 Å². The van der Waals surface area contributed by atoms with E-state index in [2.05, 4.69) is 53.6 Å². The monoisotopic (exact) mass is 299 g/mol. The van der Waals surface area contributed by atoms with Gasteiger partial charge in [0.05, 0.1) is 5.39 Å². The third-order valence-corrected chi connectivity index (χ3v) is 4.45. The molecule has 4 N–H and O–H groups in total. The van der Waals surface area contributed by atoms with E-state index in [1.807, 2.05) is 12.1 Å². The highest BCUT2D eigenvalue weighted by atomic mass is 32.1. The van der Waals surface area contributed by atoms with Crippen LogP contribution in [0.4, 0.5) is 17.5 Å². The number of fused-ring (bicyclic) bond motifs is 1. The lowest BCUT2D eigenvalue weighted by molar-refractivity contribution is 1.16. The van der Waals surface area contributed by atoms with Crippen LogP contribution in [-0.2, 0) is 0 Å². The molecule has 21 heavy (non-hydrogen) atoms. The summed E-state index contributed by atoms with van der Waals surface area (Å²) in [7, 11) is 0. The molecular formula is C15H17N5S. The van der Waals surface area contributed by atoms with Gasteiger partial charge in [0.2, 0.25) is 5.95 Å². The van der Waals surface area contributed by atoms with E-state index in [-0.39, 0.29) is 0 Å². The van der Waals surface area contributed by atoms with Crippen molar-refractivity contribution in [3.63, 3.8) is 0 Å². The molecule has 0 saturated heterocycles. The molecule has 0 atom stereocenters. The van der Waals surface area contributed by atoms with Gasteiger partial charge >= 0.3 is 0 Å². The highest BCUT2D eigenvalue weighted by Crippen LogP contribution is 2.32. The minimum absolute atomic E-state index is 0.414. The number of rotatable bonds is 3. The molecule has 2 heterocycles. The van der Waals surface area contributed by atoms with Crippen LogP contribution < -0.4 is 16.6 Å². The minimum atomic E-state index is 0.414. The van der Waals surface area contributed by atoms with Crippen LogP contribution in [0.1, 0.15) is 16.0 Å². The van der Waals surface area contributed by atoms with Crippen LogP contribution in [0, 0.1) is 20.8 Å². The van der Waals surface area contributed by atoms with Gasteiger partial charge in [-0.25, -0.2) is 10.8 Å². The van der Waals surface area contributed by atoms with Crippen molar-refractivity contribution in [1.82, 2.24) is 9.97 Å². The number of aryl methyl sites for hydroxylation is 2. The number of thiophene rings is 1. The molecule has 0 saturated carbocycles. The number of nitrogens with one attached hydrogen (secondary N) is 2. The summed E-state index contributed by atoms with van der Waals surface area (Å²) in [4.78, 5) is 10.9. The van der Waals surface area contributed by atoms with Gasteiger partial charge in [-0.1, -0.05) is 12.1 Å². The second kappa shape index (κ2) is 5.31. The average Bonchev–Trinajstić information content (AvgIpc) is 2.84. The van der Waals surface area contributed by atoms with Gasteiger partial charge in [-0.15, -0.1) is 11.3 Å². The highest BCUT2D eigenvalue weighted by molar-refractivity contribution is 7.18. The summed E-state index contributed by atoms with van der Waals surface area (Å²) in [6.45, 7) is 6.25. The highest BCUT2D eigenvalue weighted by Gasteiger charge is 2.11. The van der Waals surface area contributed by atoms with Gasteiger partial charge in [0, 0.05) is 10.6 Å². The Bertz CT molecular complexity index is 809. The Morgan fingerprint density at radius 1 is 1.14 bits per heavy atom. The largest absolute Gasteiger partial charge is 0.339 e. The Kier molecular flexibility index (Phi) is 3.48. The first-order valence-electron chi connectivity index (χ1n) is 6.66. The first kappa shape index (κ1) is 13.8. The van der Waals surface area contributed by atoms with Crippen molar-refractivity contribution >= 4 is 39.0 Å². The molecule has 0 aliphatic carbocycles. The van der Waals surface area contributed by atoms with Crippen molar-refractivity contribution in [3.8, 4) is 0 Å². The van der Waals surface area contributed by atoms with E-state index in [9.17, 15) is 0 Å². The zero-order valence-corrected chi connectivity index (χ0v) is 13.0. The van der Waals surface area contributed by atoms with Gasteiger partial charge < -0.3 is 5.32 Å². The number of nitrogens with two attached hydrogens (primary N) is 1. The quantitative estimate of drug-likeness (QED) is 0.508. The summed E-state index contributed by atoms with van der Waals surface area (Å²) in [5.41, 5.74) is 6.02. The standard InChI is InChI=1S/C15H17N5S/c1-8-5-4-6-12(10(8)3)17-13-11-7-9(2)21-14(11)19-15(18-13)20-16/h4-7H,16H2,1-3H3,(H2,17,18,19,20). The van der Waals surface area contributed by atoms with E-state index < -0.39 is 0 Å². The van der Waals surface area contributed by atoms with Crippen molar-refractivity contribution in [2.45, 2.75) is 20.8 Å². The van der Waals surface area contributed by atoms with Crippen LogP contribution >= 0.6 is 11.3 Å². The number of benzene rings is 1. The van der Waals surface area contributed by atoms with Gasteiger partial charge in [0.25, 0.3) is 0 Å². The van der Waals surface area contributed by atoms with E-state index in [1.54, 1.807) is 11.3 Å². The number of nitrogens with zero attached hydrogens (tertiary/aromatic N) is 2. The Morgan fingerprint density at radius 3 is 2.71 bits per heavy atom. The van der Waals surface area contributed by atoms with Crippen LogP contribution in [0.5, 0.6) is 0 Å². The molecule has 5 nitrogen and oxygen atoms in total. The molecule has 0 aliphatic heterocycles. The second-order valence-electron chi connectivity index (χ2n) is 4.99. The Morgan fingerprint density at radius 2 is 1.95 bits per heavy atom. The van der Waals surface area contributed by atoms with Gasteiger partial charge in [-0.05, 0) is 44.0 Å². The first-order chi connectivity index (χ1) is 10.1. The minimum Gasteiger partial charge on any atom is -0.339 e. The molecule has 0 amide bonds. The topological polar surface area (TPSA) is 75.9 Å². The molecule has 6 heteroatoms. The van der Waals surface area contributed by atoms with Crippen molar-refractivity contribution in [3.05, 3.63) is 40.3 Å². The first-order valence-corrected chi connectivity index (χ1v) is 7.48. The van der Waals surface area contributed by atoms with Crippen LogP contribution in [0.15, 0.2) is 24.3 Å². The van der Waals surface area contributed by atoms with E-state index in [0.717, 1.165) is 21.7 Å². The Hall–Kier alpha value is -2.18. The van der Waals surface area contributed by atoms with Crippen LogP contribution in [0.2, 0.25) is 0 Å². The molecule has 108 valence electrons. The van der Waals surface area contributed by atoms with Crippen LogP contribution in [0.25, 0.3) is 10.2 Å². The summed E-state index contributed by atoms with van der Waals surface area (Å²) in [5, 5.41) is 4.42. The Labute approximate surface area is 127 Å². The lowest BCUT2D eigenvalue weighted by Crippen LogP contribution is -2.11. The molecule has 0 radical (unpaired) electrons. The second-order valence-corrected chi connectivity index (χ2v) is 6.22. The number of hydrazine groups is 1. The molecular weight excluding hydrogens is 282 g/mol. The lowest BCUT2D eigenvalue weighted by Gasteiger charge is -2.12. The maximum absolute atomic E-state index is 5.47. The van der Waals surface area contributed by atoms with Crippen LogP contribution in [-0.4, -0.2) is 9.97 Å². The number of hydrogen-bond donors (Lipinski definition) is 3. The van der Waals surface area contributed by atoms with Gasteiger partial charge in [0.15, 0.2) is 0 Å². The van der Waals surface area contributed by atoms with Gasteiger partial charge in [0.1, 0.15) is 10.6 Å². The van der Waals surface area contributed by atoms with Crippen molar-refractivity contribution in [2.75, 3.05) is 10.7 Å². The number of hydrogen-bond acceptors (Lipinski definition) is 6. The van der Waals surface area contributed by atoms with Gasteiger partial charge in [-0.3, -0.25) is 5.43 Å². The predicted molar refractivity (Wildman–Crippen MR) is 89.2 cm³/mol. The van der Waals surface area contributed by atoms with Crippen molar-refractivity contribution in [2.24, 2.45) is 5.84 Å². The fourth-order valence-corrected chi connectivity index (χ4v) is 3.10. The number of nitrogen functional groups attached to an aromatic ring is 1. The summed E-state index contributed by atoms with van der Waals surface area (Å²) >= 11 is 1.63. The normalized spacial score (nSPS) is 10.9. The maximum Gasteiger partial charge on any atom is 0.240 e. The van der Waals surface area contributed by atoms with Gasteiger partial charge in [-0.2, -0.15) is 4.98 Å². The molecule has 0 aliphatic rings. The number of anilines is 3. The molecule has 2 aromatic heterocycles. The smallest absolute Gasteiger partial charge is 0.240 e. The summed E-state index contributed by atoms with van der Waals surface area (Å²) in [6, 6.07) is 8.26. The Balaban J connectivity index is 2.12. The maximum atomic E-state index is 5.47. The summed E-state index contributed by atoms with van der Waals surface area (Å²) in [5.74, 6) is 6.65. The van der Waals surface area contributed by atoms with Crippen LogP contribution in [0.3, 0.4) is 0 Å². The molecule has 1 aromatic carbocycles. The lowest BCUT2D eigenvalue weighted by atomic mass is 10.1. The summed E-state index contributed by atoms with van der Waals surface area (Å²) in [6.07, 6.45) is 0. The SMILES string of the molecule is Cc1cc2c(Nc3cccc(C)c3C)nc(NN)nc2s1. The van der Waals surface area contributed by atoms with E-state index >= 15 is 0 Å². The fourth-order valence-electron chi connectivity index (χ4n) is 2.22. The third-order valence-electron chi connectivity index (χ3n) is 3.50. The predicted octanol–water partition coefficient (Wildman–Crippen LogP) is 3.65. The van der Waals surface area contributed by atoms with E-state index in [1.165, 1.54) is 16.0 Å². The average molecular weight is 299 g/mol. The molecule has 3 aromatic rings. The summed E-state index contributed by atoms with van der Waals surface area (Å²) < 4.78 is 0. The fraction of sp³-hybridized carbons (Fsp3) is 0.200. The molecule has 0 unspecified atom stereocenters. The zero-order chi connectivity index (χ0) is 15.0. The van der Waals surface area contributed by atoms with Crippen molar-refractivity contribution in [1.29, 1.82) is 0 Å². The molecule has 3 rings (SSSR count).